The maximum atomic E-state index is 12.7. The molecule has 7 nitrogen and oxygen atoms in total. The van der Waals surface area contributed by atoms with Gasteiger partial charge in [-0.05, 0) is 48.3 Å². The van der Waals surface area contributed by atoms with Crippen molar-refractivity contribution in [1.29, 1.82) is 0 Å². The zero-order chi connectivity index (χ0) is 24.1. The Morgan fingerprint density at radius 3 is 2.65 bits per heavy atom. The van der Waals surface area contributed by atoms with Gasteiger partial charge in [-0.15, -0.1) is 10.2 Å². The van der Waals surface area contributed by atoms with Crippen molar-refractivity contribution in [3.8, 4) is 11.6 Å². The molecule has 1 aliphatic carbocycles. The van der Waals surface area contributed by atoms with E-state index in [0.717, 1.165) is 23.9 Å². The number of ether oxygens (including phenoxy) is 1. The fraction of sp³-hybridized carbons (Fsp3) is 0.444. The molecule has 3 aromatic rings. The van der Waals surface area contributed by atoms with Gasteiger partial charge in [0.15, 0.2) is 5.69 Å². The number of aromatic nitrogens is 1. The molecule has 1 amide bonds. The predicted octanol–water partition coefficient (Wildman–Crippen LogP) is 6.14. The number of carbonyl (C=O) groups is 1. The summed E-state index contributed by atoms with van der Waals surface area (Å²) in [6.07, 6.45) is 3.56. The van der Waals surface area contributed by atoms with Gasteiger partial charge in [0, 0.05) is 18.0 Å². The summed E-state index contributed by atoms with van der Waals surface area (Å²) in [6, 6.07) is 15.1. The Kier molecular flexibility index (Phi) is 5.47. The summed E-state index contributed by atoms with van der Waals surface area (Å²) in [6.45, 7) is 8.70. The third-order valence-corrected chi connectivity index (χ3v) is 7.34. The van der Waals surface area contributed by atoms with Crippen LogP contribution in [0.1, 0.15) is 50.4 Å². The van der Waals surface area contributed by atoms with Crippen LogP contribution < -0.4 is 4.74 Å². The monoisotopic (exact) mass is 460 g/mol. The van der Waals surface area contributed by atoms with Gasteiger partial charge >= 0.3 is 0 Å². The molecule has 2 fully saturated rings. The van der Waals surface area contributed by atoms with Crippen molar-refractivity contribution in [3.63, 3.8) is 0 Å². The van der Waals surface area contributed by atoms with Crippen LogP contribution in [0.3, 0.4) is 0 Å². The molecule has 7 heteroatoms. The number of amides is 1. The number of carbonyl (C=O) groups excluding carboxylic acids is 1. The number of aromatic hydroxyl groups is 1. The number of nitrogens with zero attached hydrogens (tertiary/aromatic N) is 4. The van der Waals surface area contributed by atoms with Crippen molar-refractivity contribution in [3.05, 3.63) is 54.1 Å². The quantitative estimate of drug-likeness (QED) is 0.464. The van der Waals surface area contributed by atoms with Gasteiger partial charge in [0.1, 0.15) is 5.75 Å². The summed E-state index contributed by atoms with van der Waals surface area (Å²) in [5, 5.41) is 20.1. The van der Waals surface area contributed by atoms with E-state index in [9.17, 15) is 9.90 Å². The topological polar surface area (TPSA) is 79.4 Å². The molecule has 0 spiro atoms. The van der Waals surface area contributed by atoms with E-state index < -0.39 is 5.91 Å². The molecule has 1 saturated carbocycles. The van der Waals surface area contributed by atoms with Gasteiger partial charge in [-0.2, -0.15) is 0 Å². The fourth-order valence-corrected chi connectivity index (χ4v) is 6.41. The van der Waals surface area contributed by atoms with Crippen molar-refractivity contribution < 1.29 is 14.6 Å². The molecule has 1 aliphatic heterocycles. The summed E-state index contributed by atoms with van der Waals surface area (Å²) >= 11 is 0. The molecular formula is C27H32N4O3. The molecule has 1 aromatic heterocycles. The second-order valence-corrected chi connectivity index (χ2v) is 10.9. The highest BCUT2D eigenvalue weighted by Crippen LogP contribution is 2.53. The second-order valence-electron chi connectivity index (χ2n) is 10.9. The third-order valence-electron chi connectivity index (χ3n) is 7.34. The molecule has 2 atom stereocenters. The lowest BCUT2D eigenvalue weighted by molar-refractivity contribution is 0.0992. The van der Waals surface area contributed by atoms with Crippen molar-refractivity contribution in [1.82, 2.24) is 9.47 Å². The summed E-state index contributed by atoms with van der Waals surface area (Å²) in [7, 11) is 1.51. The van der Waals surface area contributed by atoms with Gasteiger partial charge in [0.25, 0.3) is 5.91 Å². The van der Waals surface area contributed by atoms with E-state index in [-0.39, 0.29) is 5.88 Å². The van der Waals surface area contributed by atoms with Crippen molar-refractivity contribution in [2.45, 2.75) is 52.7 Å². The number of benzene rings is 2. The SMILES string of the molecule is COc1ccccc1C(=O)N=Nc1c(O)n(CN2CC3(C)CC2CC(C)(C)C3)c2ccccc12. The zero-order valence-electron chi connectivity index (χ0n) is 20.3. The van der Waals surface area contributed by atoms with E-state index in [1.807, 2.05) is 28.8 Å². The number of azo groups is 1. The molecule has 1 saturated heterocycles. The van der Waals surface area contributed by atoms with Gasteiger partial charge in [0.05, 0.1) is 24.9 Å². The van der Waals surface area contributed by atoms with Crippen molar-refractivity contribution in [2.24, 2.45) is 21.1 Å². The van der Waals surface area contributed by atoms with Crippen molar-refractivity contribution in [2.75, 3.05) is 13.7 Å². The van der Waals surface area contributed by atoms with Crippen LogP contribution in [0.4, 0.5) is 5.69 Å². The standard InChI is InChI=1S/C27H32N4O3/c1-26(2)13-18-14-27(3,15-26)16-30(18)17-31-21-11-7-5-9-19(21)23(25(31)33)28-29-24(32)20-10-6-8-12-22(20)34-4/h5-12,18,33H,13-17H2,1-4H3. The number of likely N-dealkylation sites (tertiary alicyclic amines) is 1. The predicted molar refractivity (Wildman–Crippen MR) is 132 cm³/mol. The Morgan fingerprint density at radius 1 is 1.12 bits per heavy atom. The molecule has 2 bridgehead atoms. The van der Waals surface area contributed by atoms with Crippen LogP contribution >= 0.6 is 0 Å². The Morgan fingerprint density at radius 2 is 1.85 bits per heavy atom. The number of rotatable bonds is 5. The van der Waals surface area contributed by atoms with Gasteiger partial charge in [-0.1, -0.05) is 51.1 Å². The number of fused-ring (bicyclic) bond motifs is 3. The van der Waals surface area contributed by atoms with E-state index in [2.05, 4.69) is 35.9 Å². The first kappa shape index (κ1) is 22.6. The number of hydrogen-bond donors (Lipinski definition) is 1. The Balaban J connectivity index is 1.47. The molecule has 2 unspecified atom stereocenters. The van der Waals surface area contributed by atoms with Gasteiger partial charge in [-0.3, -0.25) is 14.3 Å². The first-order valence-corrected chi connectivity index (χ1v) is 11.8. The highest BCUT2D eigenvalue weighted by molar-refractivity contribution is 5.98. The molecule has 2 heterocycles. The lowest BCUT2D eigenvalue weighted by atomic mass is 9.65. The minimum absolute atomic E-state index is 0.0311. The largest absolute Gasteiger partial charge is 0.496 e. The summed E-state index contributed by atoms with van der Waals surface area (Å²) in [5.74, 6) is -0.0458. The number of hydrogen-bond acceptors (Lipinski definition) is 5. The first-order chi connectivity index (χ1) is 16.2. The van der Waals surface area contributed by atoms with E-state index in [1.165, 1.54) is 20.0 Å². The smallest absolute Gasteiger partial charge is 0.299 e. The maximum absolute atomic E-state index is 12.7. The molecule has 2 aromatic carbocycles. The molecule has 178 valence electrons. The summed E-state index contributed by atoms with van der Waals surface area (Å²) in [4.78, 5) is 15.2. The average Bonchev–Trinajstić information content (AvgIpc) is 3.20. The van der Waals surface area contributed by atoms with Gasteiger partial charge < -0.3 is 9.84 Å². The van der Waals surface area contributed by atoms with E-state index >= 15 is 0 Å². The highest BCUT2D eigenvalue weighted by Gasteiger charge is 2.49. The van der Waals surface area contributed by atoms with E-state index in [0.29, 0.717) is 40.5 Å². The zero-order valence-corrected chi connectivity index (χ0v) is 20.3. The Hall–Kier alpha value is -3.19. The minimum atomic E-state index is -0.517. The average molecular weight is 461 g/mol. The van der Waals surface area contributed by atoms with Crippen LogP contribution in [-0.2, 0) is 6.67 Å². The van der Waals surface area contributed by atoms with Crippen LogP contribution in [0.25, 0.3) is 10.9 Å². The molecule has 0 radical (unpaired) electrons. The maximum Gasteiger partial charge on any atom is 0.299 e. The van der Waals surface area contributed by atoms with Crippen LogP contribution in [0.5, 0.6) is 11.6 Å². The first-order valence-electron chi connectivity index (χ1n) is 11.8. The van der Waals surface area contributed by atoms with E-state index in [4.69, 9.17) is 4.74 Å². The van der Waals surface area contributed by atoms with E-state index in [1.54, 1.807) is 24.3 Å². The number of methoxy groups -OCH3 is 1. The summed E-state index contributed by atoms with van der Waals surface area (Å²) < 4.78 is 7.16. The Labute approximate surface area is 200 Å². The molecule has 2 aliphatic rings. The molecule has 5 rings (SSSR count). The minimum Gasteiger partial charge on any atom is -0.496 e. The molecular weight excluding hydrogens is 428 g/mol. The van der Waals surface area contributed by atoms with Crippen LogP contribution in [0.15, 0.2) is 58.8 Å². The highest BCUT2D eigenvalue weighted by atomic mass is 16.5. The van der Waals surface area contributed by atoms with Crippen molar-refractivity contribution >= 4 is 22.5 Å². The lowest BCUT2D eigenvalue weighted by Crippen LogP contribution is -2.35. The Bertz CT molecular complexity index is 1280. The van der Waals surface area contributed by atoms with Gasteiger partial charge in [-0.25, -0.2) is 0 Å². The van der Waals surface area contributed by atoms with Crippen LogP contribution in [0.2, 0.25) is 0 Å². The second kappa shape index (κ2) is 8.24. The lowest BCUT2D eigenvalue weighted by Gasteiger charge is -2.40. The van der Waals surface area contributed by atoms with Gasteiger partial charge in [0.2, 0.25) is 5.88 Å². The normalized spacial score (nSPS) is 24.2. The van der Waals surface area contributed by atoms with Crippen LogP contribution in [0, 0.1) is 10.8 Å². The fourth-order valence-electron chi connectivity index (χ4n) is 6.41. The van der Waals surface area contributed by atoms with Crippen LogP contribution in [-0.4, -0.2) is 40.2 Å². The molecule has 1 N–H and O–H groups in total. The molecule has 34 heavy (non-hydrogen) atoms. The summed E-state index contributed by atoms with van der Waals surface area (Å²) in [5.41, 5.74) is 2.15. The third kappa shape index (κ3) is 3.98. The number of para-hydroxylation sites is 2.